The van der Waals surface area contributed by atoms with Crippen molar-refractivity contribution < 1.29 is 19.4 Å². The summed E-state index contributed by atoms with van der Waals surface area (Å²) in [7, 11) is 1.27. The molecule has 0 radical (unpaired) electrons. The number of aliphatic carboxylic acids is 1. The molecule has 0 saturated heterocycles. The fourth-order valence-corrected chi connectivity index (χ4v) is 1.67. The number of aromatic nitrogens is 1. The Balaban J connectivity index is 2.37. The molecule has 0 fully saturated rings. The Labute approximate surface area is 102 Å². The molecular weight excluding hydrogens is 246 g/mol. The predicted molar refractivity (Wildman–Crippen MR) is 61.7 cm³/mol. The summed E-state index contributed by atoms with van der Waals surface area (Å²) in [6.07, 6.45) is -0.969. The molecule has 17 heavy (non-hydrogen) atoms. The molecule has 0 aliphatic heterocycles. The van der Waals surface area contributed by atoms with Gasteiger partial charge in [-0.05, 0) is 0 Å². The number of hydrogen-bond donors (Lipinski definition) is 3. The molecular formula is C9H13N3O4S. The summed E-state index contributed by atoms with van der Waals surface area (Å²) in [5, 5.41) is 13.2. The second-order valence-corrected chi connectivity index (χ2v) is 4.11. The lowest BCUT2D eigenvalue weighted by atomic mass is 10.3. The highest BCUT2D eigenvalue weighted by atomic mass is 32.1. The normalized spacial score (nSPS) is 12.1. The lowest BCUT2D eigenvalue weighted by molar-refractivity contribution is -0.148. The van der Waals surface area contributed by atoms with Gasteiger partial charge in [0.05, 0.1) is 18.7 Å². The molecule has 0 aliphatic rings. The quantitative estimate of drug-likeness (QED) is 0.633. The van der Waals surface area contributed by atoms with Crippen LogP contribution < -0.4 is 11.1 Å². The van der Waals surface area contributed by atoms with Crippen molar-refractivity contribution >= 4 is 28.3 Å². The van der Waals surface area contributed by atoms with E-state index in [0.29, 0.717) is 10.8 Å². The van der Waals surface area contributed by atoms with Gasteiger partial charge in [-0.1, -0.05) is 0 Å². The van der Waals surface area contributed by atoms with Crippen LogP contribution in [0.5, 0.6) is 0 Å². The van der Waals surface area contributed by atoms with Crippen molar-refractivity contribution in [2.45, 2.75) is 12.5 Å². The van der Waals surface area contributed by atoms with E-state index in [1.165, 1.54) is 18.4 Å². The van der Waals surface area contributed by atoms with E-state index in [2.05, 4.69) is 15.0 Å². The Morgan fingerprint density at radius 1 is 1.71 bits per heavy atom. The molecule has 1 aromatic heterocycles. The summed E-state index contributed by atoms with van der Waals surface area (Å²) >= 11 is 1.25. The number of methoxy groups -OCH3 is 1. The van der Waals surface area contributed by atoms with Crippen LogP contribution >= 0.6 is 11.3 Å². The van der Waals surface area contributed by atoms with Crippen LogP contribution in [0.1, 0.15) is 5.69 Å². The molecule has 8 heteroatoms. The first-order valence-electron chi connectivity index (χ1n) is 4.75. The molecule has 1 atom stereocenters. The van der Waals surface area contributed by atoms with Crippen molar-refractivity contribution in [2.24, 2.45) is 0 Å². The van der Waals surface area contributed by atoms with E-state index in [1.54, 1.807) is 5.38 Å². The molecule has 1 heterocycles. The third-order valence-corrected chi connectivity index (χ3v) is 2.68. The molecule has 0 bridgehead atoms. The third kappa shape index (κ3) is 4.37. The standard InChI is InChI=1S/C9H13N3O4S/c1-16-6(8(14)15)3-11-7(13)2-5-4-17-9(10)12-5/h4,6H,2-3H2,1H3,(H2,10,12)(H,11,13)(H,14,15). The van der Waals surface area contributed by atoms with Crippen LogP contribution in [0, 0.1) is 0 Å². The Morgan fingerprint density at radius 2 is 2.41 bits per heavy atom. The minimum Gasteiger partial charge on any atom is -0.479 e. The number of nitrogens with zero attached hydrogens (tertiary/aromatic N) is 1. The van der Waals surface area contributed by atoms with Gasteiger partial charge in [0.2, 0.25) is 5.91 Å². The summed E-state index contributed by atoms with van der Waals surface area (Å²) < 4.78 is 4.67. The number of carbonyl (C=O) groups excluding carboxylic acids is 1. The van der Waals surface area contributed by atoms with Gasteiger partial charge in [0.1, 0.15) is 0 Å². The fourth-order valence-electron chi connectivity index (χ4n) is 1.11. The van der Waals surface area contributed by atoms with Gasteiger partial charge in [-0.25, -0.2) is 9.78 Å². The van der Waals surface area contributed by atoms with Crippen LogP contribution in [-0.4, -0.2) is 41.7 Å². The summed E-state index contributed by atoms with van der Waals surface area (Å²) in [4.78, 5) is 26.0. The molecule has 94 valence electrons. The highest BCUT2D eigenvalue weighted by Crippen LogP contribution is 2.11. The van der Waals surface area contributed by atoms with Gasteiger partial charge in [-0.2, -0.15) is 0 Å². The summed E-state index contributed by atoms with van der Waals surface area (Å²) in [5.41, 5.74) is 5.98. The smallest absolute Gasteiger partial charge is 0.334 e. The molecule has 1 unspecified atom stereocenters. The van der Waals surface area contributed by atoms with E-state index in [-0.39, 0.29) is 18.9 Å². The lowest BCUT2D eigenvalue weighted by Gasteiger charge is -2.10. The van der Waals surface area contributed by atoms with Gasteiger partial charge >= 0.3 is 5.97 Å². The summed E-state index contributed by atoms with van der Waals surface area (Å²) in [6, 6.07) is 0. The molecule has 0 aromatic carbocycles. The topological polar surface area (TPSA) is 115 Å². The number of carboxylic acid groups (broad SMARTS) is 1. The van der Waals surface area contributed by atoms with Gasteiger partial charge in [-0.15, -0.1) is 11.3 Å². The molecule has 1 rings (SSSR count). The maximum atomic E-state index is 11.4. The molecule has 0 spiro atoms. The number of rotatable bonds is 6. The number of nitrogens with two attached hydrogens (primary N) is 1. The van der Waals surface area contributed by atoms with Crippen molar-refractivity contribution in [3.63, 3.8) is 0 Å². The second-order valence-electron chi connectivity index (χ2n) is 3.22. The van der Waals surface area contributed by atoms with Gasteiger partial charge in [0, 0.05) is 12.5 Å². The Morgan fingerprint density at radius 3 is 2.88 bits per heavy atom. The van der Waals surface area contributed by atoms with Crippen molar-refractivity contribution in [1.82, 2.24) is 10.3 Å². The number of anilines is 1. The Hall–Kier alpha value is -1.67. The first kappa shape index (κ1) is 13.4. The monoisotopic (exact) mass is 259 g/mol. The maximum Gasteiger partial charge on any atom is 0.334 e. The van der Waals surface area contributed by atoms with E-state index in [9.17, 15) is 9.59 Å². The Bertz CT molecular complexity index is 407. The minimum atomic E-state index is -1.12. The average molecular weight is 259 g/mol. The van der Waals surface area contributed by atoms with Crippen molar-refractivity contribution in [1.29, 1.82) is 0 Å². The SMILES string of the molecule is COC(CNC(=O)Cc1csc(N)n1)C(=O)O. The number of thiazole rings is 1. The number of hydrogen-bond acceptors (Lipinski definition) is 6. The number of carbonyl (C=O) groups is 2. The zero-order valence-electron chi connectivity index (χ0n) is 9.17. The van der Waals surface area contributed by atoms with Crippen LogP contribution in [0.3, 0.4) is 0 Å². The van der Waals surface area contributed by atoms with Gasteiger partial charge in [-0.3, -0.25) is 4.79 Å². The Kier molecular flexibility index (Phi) is 4.85. The molecule has 1 aromatic rings. The van der Waals surface area contributed by atoms with Gasteiger partial charge < -0.3 is 20.9 Å². The van der Waals surface area contributed by atoms with E-state index in [0.717, 1.165) is 0 Å². The molecule has 4 N–H and O–H groups in total. The first-order chi connectivity index (χ1) is 8.02. The average Bonchev–Trinajstić information content (AvgIpc) is 2.64. The minimum absolute atomic E-state index is 0.0732. The second kappa shape index (κ2) is 6.16. The third-order valence-electron chi connectivity index (χ3n) is 1.96. The zero-order chi connectivity index (χ0) is 12.8. The summed E-state index contributed by atoms with van der Waals surface area (Å²) in [5.74, 6) is -1.44. The van der Waals surface area contributed by atoms with E-state index in [1.807, 2.05) is 0 Å². The van der Waals surface area contributed by atoms with Crippen molar-refractivity contribution in [2.75, 3.05) is 19.4 Å². The van der Waals surface area contributed by atoms with E-state index in [4.69, 9.17) is 10.8 Å². The van der Waals surface area contributed by atoms with E-state index >= 15 is 0 Å². The number of ether oxygens (including phenoxy) is 1. The maximum absolute atomic E-state index is 11.4. The zero-order valence-corrected chi connectivity index (χ0v) is 9.99. The van der Waals surface area contributed by atoms with Crippen molar-refractivity contribution in [3.05, 3.63) is 11.1 Å². The first-order valence-corrected chi connectivity index (χ1v) is 5.63. The van der Waals surface area contributed by atoms with Crippen LogP contribution in [0.25, 0.3) is 0 Å². The van der Waals surface area contributed by atoms with Crippen molar-refractivity contribution in [3.8, 4) is 0 Å². The number of nitrogens with one attached hydrogen (secondary N) is 1. The number of carboxylic acids is 1. The van der Waals surface area contributed by atoms with Gasteiger partial charge in [0.15, 0.2) is 11.2 Å². The molecule has 0 aliphatic carbocycles. The van der Waals surface area contributed by atoms with Crippen LogP contribution in [-0.2, 0) is 20.7 Å². The van der Waals surface area contributed by atoms with Crippen LogP contribution in [0.15, 0.2) is 5.38 Å². The molecule has 1 amide bonds. The molecule has 7 nitrogen and oxygen atoms in total. The fraction of sp³-hybridized carbons (Fsp3) is 0.444. The molecule has 0 saturated carbocycles. The van der Waals surface area contributed by atoms with E-state index < -0.39 is 12.1 Å². The van der Waals surface area contributed by atoms with Crippen LogP contribution in [0.4, 0.5) is 5.13 Å². The number of amides is 1. The predicted octanol–water partition coefficient (Wildman–Crippen LogP) is -0.516. The van der Waals surface area contributed by atoms with Crippen LogP contribution in [0.2, 0.25) is 0 Å². The largest absolute Gasteiger partial charge is 0.479 e. The number of nitrogen functional groups attached to an aromatic ring is 1. The van der Waals surface area contributed by atoms with Gasteiger partial charge in [0.25, 0.3) is 0 Å². The summed E-state index contributed by atoms with van der Waals surface area (Å²) in [6.45, 7) is -0.0791. The highest BCUT2D eigenvalue weighted by molar-refractivity contribution is 7.13. The lowest BCUT2D eigenvalue weighted by Crippen LogP contribution is -2.38. The highest BCUT2D eigenvalue weighted by Gasteiger charge is 2.17.